The lowest BCUT2D eigenvalue weighted by molar-refractivity contribution is 0.102. The normalized spacial score (nSPS) is 10.2. The van der Waals surface area contributed by atoms with Gasteiger partial charge in [0.2, 0.25) is 0 Å². The van der Waals surface area contributed by atoms with Crippen LogP contribution in [0.3, 0.4) is 0 Å². The van der Waals surface area contributed by atoms with Gasteiger partial charge in [-0.1, -0.05) is 0 Å². The van der Waals surface area contributed by atoms with Crippen molar-refractivity contribution in [1.29, 1.82) is 0 Å². The molecule has 0 saturated heterocycles. The number of nitrogens with two attached hydrogens (primary N) is 1. The second-order valence-electron chi connectivity index (χ2n) is 3.42. The molecule has 0 bridgehead atoms. The van der Waals surface area contributed by atoms with Crippen molar-refractivity contribution in [3.05, 3.63) is 33.4 Å². The molecule has 0 saturated carbocycles. The number of amides is 1. The number of hydrazine groups is 1. The van der Waals surface area contributed by atoms with Crippen molar-refractivity contribution in [2.45, 2.75) is 6.92 Å². The maximum atomic E-state index is 12.1. The lowest BCUT2D eigenvalue weighted by atomic mass is 10.2. The summed E-state index contributed by atoms with van der Waals surface area (Å²) < 4.78 is 0.696. The van der Waals surface area contributed by atoms with Gasteiger partial charge in [0.05, 0.1) is 5.56 Å². The van der Waals surface area contributed by atoms with E-state index in [9.17, 15) is 4.79 Å². The highest BCUT2D eigenvalue weighted by atomic mass is 79.9. The molecule has 2 aromatic rings. The van der Waals surface area contributed by atoms with Crippen molar-refractivity contribution in [1.82, 2.24) is 9.97 Å². The number of hydrogen-bond acceptors (Lipinski definition) is 6. The minimum atomic E-state index is -0.314. The number of hydrogen-bond donors (Lipinski definition) is 3. The van der Waals surface area contributed by atoms with Gasteiger partial charge >= 0.3 is 0 Å². The summed E-state index contributed by atoms with van der Waals surface area (Å²) in [5, 5.41) is 3.24. The summed E-state index contributed by atoms with van der Waals surface area (Å²) in [6.45, 7) is 1.92. The monoisotopic (exact) mass is 327 g/mol. The van der Waals surface area contributed by atoms with Crippen molar-refractivity contribution in [2.24, 2.45) is 5.84 Å². The first-order valence-corrected chi connectivity index (χ1v) is 6.57. The number of rotatable bonds is 3. The Bertz CT molecular complexity index is 585. The van der Waals surface area contributed by atoms with Crippen molar-refractivity contribution in [3.63, 3.8) is 0 Å². The summed E-state index contributed by atoms with van der Waals surface area (Å²) in [6.07, 6.45) is 3.25. The van der Waals surface area contributed by atoms with Gasteiger partial charge in [-0.05, 0) is 28.9 Å². The van der Waals surface area contributed by atoms with Crippen LogP contribution in [-0.2, 0) is 0 Å². The van der Waals surface area contributed by atoms with Gasteiger partial charge in [-0.25, -0.2) is 15.8 Å². The van der Waals surface area contributed by atoms with Crippen LogP contribution in [0.5, 0.6) is 0 Å². The van der Waals surface area contributed by atoms with Crippen LogP contribution in [0.4, 0.5) is 10.9 Å². The fourth-order valence-electron chi connectivity index (χ4n) is 1.30. The fourth-order valence-corrected chi connectivity index (χ4v) is 2.30. The van der Waals surface area contributed by atoms with Crippen molar-refractivity contribution < 1.29 is 4.79 Å². The van der Waals surface area contributed by atoms with Crippen molar-refractivity contribution >= 4 is 44.1 Å². The number of thiazole rings is 1. The number of halogens is 1. The maximum Gasteiger partial charge on any atom is 0.261 e. The lowest BCUT2D eigenvalue weighted by Crippen LogP contribution is -2.18. The molecule has 1 amide bonds. The van der Waals surface area contributed by atoms with E-state index in [4.69, 9.17) is 5.84 Å². The summed E-state index contributed by atoms with van der Waals surface area (Å²) in [5.74, 6) is 5.31. The van der Waals surface area contributed by atoms with Crippen LogP contribution in [0.25, 0.3) is 0 Å². The molecule has 2 aromatic heterocycles. The molecule has 0 radical (unpaired) electrons. The topological polar surface area (TPSA) is 92.9 Å². The number of aryl methyl sites for hydroxylation is 1. The smallest absolute Gasteiger partial charge is 0.261 e. The predicted octanol–water partition coefficient (Wildman–Crippen LogP) is 2.15. The molecule has 0 atom stereocenters. The van der Waals surface area contributed by atoms with Gasteiger partial charge in [-0.2, -0.15) is 0 Å². The number of aromatic nitrogens is 2. The van der Waals surface area contributed by atoms with Gasteiger partial charge in [-0.3, -0.25) is 10.1 Å². The Labute approximate surface area is 116 Å². The largest absolute Gasteiger partial charge is 0.308 e. The van der Waals surface area contributed by atoms with E-state index in [1.165, 1.54) is 11.3 Å². The van der Waals surface area contributed by atoms with Gasteiger partial charge in [0.15, 0.2) is 10.9 Å². The molecule has 0 aromatic carbocycles. The molecule has 8 heteroatoms. The average Bonchev–Trinajstić information content (AvgIpc) is 2.74. The number of nitrogen functional groups attached to an aromatic ring is 1. The molecule has 0 aliphatic carbocycles. The van der Waals surface area contributed by atoms with Gasteiger partial charge in [-0.15, -0.1) is 11.3 Å². The molecule has 6 nitrogen and oxygen atoms in total. The third-order valence-electron chi connectivity index (χ3n) is 2.08. The maximum absolute atomic E-state index is 12.1. The highest BCUT2D eigenvalue weighted by Crippen LogP contribution is 2.21. The number of nitrogens with one attached hydrogen (secondary N) is 2. The minimum Gasteiger partial charge on any atom is -0.308 e. The second-order valence-corrected chi connectivity index (χ2v) is 5.57. The summed E-state index contributed by atoms with van der Waals surface area (Å²) in [6, 6.07) is 1.64. The van der Waals surface area contributed by atoms with E-state index in [0.717, 1.165) is 4.88 Å². The summed E-state index contributed by atoms with van der Waals surface area (Å²) in [5.41, 5.74) is 2.73. The number of carbonyl (C=O) groups excluding carboxylic acids is 1. The lowest BCUT2D eigenvalue weighted by Gasteiger charge is -2.07. The molecule has 0 fully saturated rings. The van der Waals surface area contributed by atoms with Gasteiger partial charge < -0.3 is 5.43 Å². The van der Waals surface area contributed by atoms with Crippen LogP contribution in [0.15, 0.2) is 22.9 Å². The molecular formula is C10H10BrN5OS. The van der Waals surface area contributed by atoms with E-state index >= 15 is 0 Å². The Morgan fingerprint density at radius 1 is 1.44 bits per heavy atom. The standard InChI is InChI=1S/C10H10BrN5OS/c1-5-3-14-10(18-5)15-9(17)7-2-6(11)4-13-8(7)16-12/h2-4H,12H2,1H3,(H,13,16)(H,14,15,17). The van der Waals surface area contributed by atoms with E-state index in [1.54, 1.807) is 18.5 Å². The molecule has 0 unspecified atom stereocenters. The van der Waals surface area contributed by atoms with Crippen LogP contribution in [0, 0.1) is 6.92 Å². The molecule has 18 heavy (non-hydrogen) atoms. The first kappa shape index (κ1) is 12.9. The fraction of sp³-hybridized carbons (Fsp3) is 0.100. The van der Waals surface area contributed by atoms with E-state index < -0.39 is 0 Å². The van der Waals surface area contributed by atoms with Crippen LogP contribution >= 0.6 is 27.3 Å². The van der Waals surface area contributed by atoms with Crippen molar-refractivity contribution in [3.8, 4) is 0 Å². The predicted molar refractivity (Wildman–Crippen MR) is 74.6 cm³/mol. The van der Waals surface area contributed by atoms with Gasteiger partial charge in [0.1, 0.15) is 0 Å². The molecule has 4 N–H and O–H groups in total. The van der Waals surface area contributed by atoms with Crippen LogP contribution in [0.2, 0.25) is 0 Å². The zero-order valence-corrected chi connectivity index (χ0v) is 11.8. The summed E-state index contributed by atoms with van der Waals surface area (Å²) in [7, 11) is 0. The van der Waals surface area contributed by atoms with Crippen LogP contribution in [-0.4, -0.2) is 15.9 Å². The zero-order valence-electron chi connectivity index (χ0n) is 9.40. The van der Waals surface area contributed by atoms with E-state index in [0.29, 0.717) is 21.0 Å². The van der Waals surface area contributed by atoms with Gasteiger partial charge in [0.25, 0.3) is 5.91 Å². The number of nitrogens with zero attached hydrogens (tertiary/aromatic N) is 2. The third kappa shape index (κ3) is 2.84. The Kier molecular flexibility index (Phi) is 3.90. The molecule has 0 aliphatic rings. The minimum absolute atomic E-state index is 0.309. The van der Waals surface area contributed by atoms with Crippen LogP contribution < -0.4 is 16.6 Å². The highest BCUT2D eigenvalue weighted by molar-refractivity contribution is 9.10. The molecule has 0 spiro atoms. The highest BCUT2D eigenvalue weighted by Gasteiger charge is 2.14. The molecular weight excluding hydrogens is 318 g/mol. The molecule has 2 heterocycles. The Morgan fingerprint density at radius 2 is 2.22 bits per heavy atom. The quantitative estimate of drug-likeness (QED) is 0.593. The Morgan fingerprint density at radius 3 is 2.83 bits per heavy atom. The summed E-state index contributed by atoms with van der Waals surface area (Å²) >= 11 is 4.66. The van der Waals surface area contributed by atoms with Crippen LogP contribution in [0.1, 0.15) is 15.2 Å². The summed E-state index contributed by atoms with van der Waals surface area (Å²) in [4.78, 5) is 21.1. The zero-order chi connectivity index (χ0) is 13.1. The average molecular weight is 328 g/mol. The number of carbonyl (C=O) groups is 1. The SMILES string of the molecule is Cc1cnc(NC(=O)c2cc(Br)cnc2NN)s1. The number of pyridine rings is 1. The first-order chi connectivity index (χ1) is 8.60. The molecule has 0 aliphatic heterocycles. The van der Waals surface area contributed by atoms with Crippen molar-refractivity contribution in [2.75, 3.05) is 10.7 Å². The van der Waals surface area contributed by atoms with E-state index in [-0.39, 0.29) is 5.91 Å². The Balaban J connectivity index is 2.25. The molecule has 94 valence electrons. The van der Waals surface area contributed by atoms with E-state index in [2.05, 4.69) is 36.6 Å². The van der Waals surface area contributed by atoms with E-state index in [1.807, 2.05) is 6.92 Å². The van der Waals surface area contributed by atoms with Gasteiger partial charge in [0, 0.05) is 21.7 Å². The second kappa shape index (κ2) is 5.42. The first-order valence-electron chi connectivity index (χ1n) is 4.96. The third-order valence-corrected chi connectivity index (χ3v) is 3.34. The Hall–Kier alpha value is -1.51. The number of anilines is 2. The molecule has 2 rings (SSSR count).